The Hall–Kier alpha value is -1.63. The summed E-state index contributed by atoms with van der Waals surface area (Å²) < 4.78 is 5.32. The summed E-state index contributed by atoms with van der Waals surface area (Å²) in [6.07, 6.45) is 3.36. The molecule has 0 spiro atoms. The summed E-state index contributed by atoms with van der Waals surface area (Å²) in [6, 6.07) is -0.444. The van der Waals surface area contributed by atoms with Crippen LogP contribution < -0.4 is 11.1 Å². The van der Waals surface area contributed by atoms with Crippen LogP contribution in [0.25, 0.3) is 0 Å². The first-order chi connectivity index (χ1) is 9.08. The van der Waals surface area contributed by atoms with Crippen LogP contribution in [0, 0.1) is 0 Å². The molecule has 7 nitrogen and oxygen atoms in total. The van der Waals surface area contributed by atoms with Gasteiger partial charge in [0.2, 0.25) is 11.8 Å². The van der Waals surface area contributed by atoms with Gasteiger partial charge in [-0.3, -0.25) is 4.79 Å². The summed E-state index contributed by atoms with van der Waals surface area (Å²) in [5.74, 6) is 0.431. The highest BCUT2D eigenvalue weighted by Gasteiger charge is 2.23. The van der Waals surface area contributed by atoms with Crippen molar-refractivity contribution in [2.24, 2.45) is 5.73 Å². The molecule has 106 valence electrons. The number of anilines is 1. The standard InChI is InChI=1S/C12H21N5O2/c1-8(13)10-15-16-12(19-10)14-9(2)11(18)17-6-4-3-5-7-17/h8-9H,3-7,13H2,1-2H3,(H,14,16). The Balaban J connectivity index is 1.91. The van der Waals surface area contributed by atoms with Crippen LogP contribution in [0.15, 0.2) is 4.42 Å². The summed E-state index contributed by atoms with van der Waals surface area (Å²) in [7, 11) is 0. The Labute approximate surface area is 112 Å². The molecule has 3 N–H and O–H groups in total. The zero-order valence-electron chi connectivity index (χ0n) is 11.4. The quantitative estimate of drug-likeness (QED) is 0.841. The molecular formula is C12H21N5O2. The number of nitrogens with two attached hydrogens (primary N) is 1. The molecule has 19 heavy (non-hydrogen) atoms. The fourth-order valence-electron chi connectivity index (χ4n) is 2.11. The zero-order valence-corrected chi connectivity index (χ0v) is 11.4. The van der Waals surface area contributed by atoms with Gasteiger partial charge in [0, 0.05) is 13.1 Å². The summed E-state index contributed by atoms with van der Waals surface area (Å²) in [6.45, 7) is 5.23. The molecule has 0 bridgehead atoms. The van der Waals surface area contributed by atoms with Gasteiger partial charge in [0.1, 0.15) is 6.04 Å². The maximum absolute atomic E-state index is 12.2. The second kappa shape index (κ2) is 6.01. The summed E-state index contributed by atoms with van der Waals surface area (Å²) >= 11 is 0. The van der Waals surface area contributed by atoms with E-state index in [1.54, 1.807) is 13.8 Å². The minimum absolute atomic E-state index is 0.0697. The number of amides is 1. The minimum atomic E-state index is -0.375. The van der Waals surface area contributed by atoms with Crippen LogP contribution in [-0.4, -0.2) is 40.1 Å². The smallest absolute Gasteiger partial charge is 0.316 e. The van der Waals surface area contributed by atoms with Gasteiger partial charge in [0.15, 0.2) is 0 Å². The van der Waals surface area contributed by atoms with Crippen LogP contribution in [0.2, 0.25) is 0 Å². The molecule has 1 aliphatic heterocycles. The van der Waals surface area contributed by atoms with Crippen molar-refractivity contribution in [3.05, 3.63) is 5.89 Å². The van der Waals surface area contributed by atoms with Gasteiger partial charge in [0.05, 0.1) is 6.04 Å². The molecule has 2 rings (SSSR count). The van der Waals surface area contributed by atoms with Crippen molar-refractivity contribution in [3.8, 4) is 0 Å². The van der Waals surface area contributed by atoms with Crippen LogP contribution in [0.4, 0.5) is 6.01 Å². The van der Waals surface area contributed by atoms with Crippen LogP contribution in [0.5, 0.6) is 0 Å². The highest BCUT2D eigenvalue weighted by atomic mass is 16.4. The van der Waals surface area contributed by atoms with Crippen molar-refractivity contribution in [3.63, 3.8) is 0 Å². The average molecular weight is 267 g/mol. The molecule has 1 saturated heterocycles. The lowest BCUT2D eigenvalue weighted by molar-refractivity contribution is -0.132. The third kappa shape index (κ3) is 3.44. The molecule has 7 heteroatoms. The van der Waals surface area contributed by atoms with E-state index in [0.29, 0.717) is 5.89 Å². The lowest BCUT2D eigenvalue weighted by Crippen LogP contribution is -2.43. The van der Waals surface area contributed by atoms with E-state index in [0.717, 1.165) is 25.9 Å². The SMILES string of the molecule is CC(Nc1nnc(C(C)N)o1)C(=O)N1CCCCC1. The molecule has 2 unspecified atom stereocenters. The molecule has 1 aliphatic rings. The predicted molar refractivity (Wildman–Crippen MR) is 70.4 cm³/mol. The number of nitrogens with one attached hydrogen (secondary N) is 1. The molecule has 0 saturated carbocycles. The number of nitrogens with zero attached hydrogens (tertiary/aromatic N) is 3. The van der Waals surface area contributed by atoms with E-state index < -0.39 is 0 Å². The van der Waals surface area contributed by atoms with Gasteiger partial charge in [-0.25, -0.2) is 0 Å². The number of piperidine rings is 1. The van der Waals surface area contributed by atoms with Crippen LogP contribution in [-0.2, 0) is 4.79 Å². The van der Waals surface area contributed by atoms with Crippen molar-refractivity contribution < 1.29 is 9.21 Å². The maximum atomic E-state index is 12.2. The monoisotopic (exact) mass is 267 g/mol. The molecule has 1 amide bonds. The van der Waals surface area contributed by atoms with Gasteiger partial charge in [-0.05, 0) is 33.1 Å². The van der Waals surface area contributed by atoms with Crippen molar-refractivity contribution in [1.82, 2.24) is 15.1 Å². The molecule has 2 heterocycles. The van der Waals surface area contributed by atoms with E-state index in [9.17, 15) is 4.79 Å². The molecule has 0 aromatic carbocycles. The number of carbonyl (C=O) groups is 1. The highest BCUT2D eigenvalue weighted by molar-refractivity contribution is 5.83. The van der Waals surface area contributed by atoms with Crippen LogP contribution in [0.3, 0.4) is 0 Å². The molecule has 1 fully saturated rings. The van der Waals surface area contributed by atoms with Crippen molar-refractivity contribution in [2.45, 2.75) is 45.2 Å². The first kappa shape index (κ1) is 13.8. The first-order valence-electron chi connectivity index (χ1n) is 6.72. The molecule has 1 aromatic heterocycles. The minimum Gasteiger partial charge on any atom is -0.406 e. The second-order valence-electron chi connectivity index (χ2n) is 4.99. The first-order valence-corrected chi connectivity index (χ1v) is 6.72. The second-order valence-corrected chi connectivity index (χ2v) is 4.99. The number of likely N-dealkylation sites (tertiary alicyclic amines) is 1. The van der Waals surface area contributed by atoms with E-state index in [2.05, 4.69) is 15.5 Å². The maximum Gasteiger partial charge on any atom is 0.316 e. The van der Waals surface area contributed by atoms with E-state index >= 15 is 0 Å². The van der Waals surface area contributed by atoms with Gasteiger partial charge < -0.3 is 20.4 Å². The Morgan fingerprint density at radius 3 is 2.58 bits per heavy atom. The fraction of sp³-hybridized carbons (Fsp3) is 0.750. The Bertz CT molecular complexity index is 426. The predicted octanol–water partition coefficient (Wildman–Crippen LogP) is 0.902. The lowest BCUT2D eigenvalue weighted by atomic mass is 10.1. The molecule has 0 aliphatic carbocycles. The zero-order chi connectivity index (χ0) is 13.8. The van der Waals surface area contributed by atoms with E-state index in [-0.39, 0.29) is 24.0 Å². The van der Waals surface area contributed by atoms with Crippen molar-refractivity contribution in [1.29, 1.82) is 0 Å². The number of aromatic nitrogens is 2. The average Bonchev–Trinajstić information content (AvgIpc) is 2.87. The number of hydrogen-bond acceptors (Lipinski definition) is 6. The summed E-state index contributed by atoms with van der Waals surface area (Å²) in [5.41, 5.74) is 5.64. The van der Waals surface area contributed by atoms with Gasteiger partial charge in [0.25, 0.3) is 0 Å². The Morgan fingerprint density at radius 2 is 2.00 bits per heavy atom. The van der Waals surface area contributed by atoms with Gasteiger partial charge in [-0.15, -0.1) is 5.10 Å². The third-order valence-electron chi connectivity index (χ3n) is 3.21. The number of carbonyl (C=O) groups excluding carboxylic acids is 1. The van der Waals surface area contributed by atoms with Crippen molar-refractivity contribution in [2.75, 3.05) is 18.4 Å². The highest BCUT2D eigenvalue weighted by Crippen LogP contribution is 2.14. The topological polar surface area (TPSA) is 97.3 Å². The van der Waals surface area contributed by atoms with E-state index in [1.807, 2.05) is 4.90 Å². The molecule has 1 aromatic rings. The summed E-state index contributed by atoms with van der Waals surface area (Å²) in [4.78, 5) is 14.1. The lowest BCUT2D eigenvalue weighted by Gasteiger charge is -2.29. The number of rotatable bonds is 4. The molecule has 2 atom stereocenters. The van der Waals surface area contributed by atoms with E-state index in [1.165, 1.54) is 6.42 Å². The molecule has 0 radical (unpaired) electrons. The summed E-state index contributed by atoms with van der Waals surface area (Å²) in [5, 5.41) is 10.6. The third-order valence-corrected chi connectivity index (χ3v) is 3.21. The fourth-order valence-corrected chi connectivity index (χ4v) is 2.11. The van der Waals surface area contributed by atoms with Gasteiger partial charge in [-0.1, -0.05) is 5.10 Å². The largest absolute Gasteiger partial charge is 0.406 e. The van der Waals surface area contributed by atoms with E-state index in [4.69, 9.17) is 10.2 Å². The van der Waals surface area contributed by atoms with Crippen LogP contribution in [0.1, 0.15) is 45.0 Å². The van der Waals surface area contributed by atoms with Gasteiger partial charge in [-0.2, -0.15) is 0 Å². The van der Waals surface area contributed by atoms with Crippen LogP contribution >= 0.6 is 0 Å². The van der Waals surface area contributed by atoms with Crippen molar-refractivity contribution >= 4 is 11.9 Å². The Morgan fingerprint density at radius 1 is 1.32 bits per heavy atom. The normalized spacial score (nSPS) is 19.0. The molecular weight excluding hydrogens is 246 g/mol. The Kier molecular flexibility index (Phi) is 4.36. The number of hydrogen-bond donors (Lipinski definition) is 2. The van der Waals surface area contributed by atoms with Gasteiger partial charge >= 0.3 is 6.01 Å².